The van der Waals surface area contributed by atoms with E-state index in [2.05, 4.69) is 10.4 Å². The standard InChI is InChI=1S/C11H18N4O3/c1-3-9-10(15(16)17)11(14(2)13-9)12-8-5-4-6-18-7-8/h8,12H,3-7H2,1-2H3. The van der Waals surface area contributed by atoms with Crippen LogP contribution in [0, 0.1) is 10.1 Å². The monoisotopic (exact) mass is 254 g/mol. The van der Waals surface area contributed by atoms with Gasteiger partial charge in [0, 0.05) is 13.7 Å². The number of hydrogen-bond donors (Lipinski definition) is 1. The molecule has 1 unspecified atom stereocenters. The molecule has 1 aliphatic heterocycles. The van der Waals surface area contributed by atoms with E-state index in [1.165, 1.54) is 0 Å². The first kappa shape index (κ1) is 12.8. The third kappa shape index (κ3) is 2.45. The van der Waals surface area contributed by atoms with Crippen molar-refractivity contribution in [3.8, 4) is 0 Å². The molecule has 7 heteroatoms. The maximum Gasteiger partial charge on any atom is 0.333 e. The van der Waals surface area contributed by atoms with Gasteiger partial charge in [0.15, 0.2) is 0 Å². The number of aryl methyl sites for hydroxylation is 2. The van der Waals surface area contributed by atoms with Crippen molar-refractivity contribution in [2.45, 2.75) is 32.2 Å². The maximum atomic E-state index is 11.1. The van der Waals surface area contributed by atoms with Crippen LogP contribution in [0.5, 0.6) is 0 Å². The lowest BCUT2D eigenvalue weighted by atomic mass is 10.1. The third-order valence-electron chi connectivity index (χ3n) is 3.11. The zero-order chi connectivity index (χ0) is 13.1. The summed E-state index contributed by atoms with van der Waals surface area (Å²) in [5.41, 5.74) is 0.604. The number of rotatable bonds is 4. The smallest absolute Gasteiger partial charge is 0.333 e. The lowest BCUT2D eigenvalue weighted by Crippen LogP contribution is -2.31. The van der Waals surface area contributed by atoms with Crippen LogP contribution in [0.2, 0.25) is 0 Å². The zero-order valence-electron chi connectivity index (χ0n) is 10.7. The molecule has 0 saturated carbocycles. The minimum absolute atomic E-state index is 0.0885. The van der Waals surface area contributed by atoms with Crippen molar-refractivity contribution in [2.75, 3.05) is 18.5 Å². The fraction of sp³-hybridized carbons (Fsp3) is 0.727. The van der Waals surface area contributed by atoms with E-state index in [9.17, 15) is 10.1 Å². The van der Waals surface area contributed by atoms with Crippen LogP contribution in [0.25, 0.3) is 0 Å². The fourth-order valence-electron chi connectivity index (χ4n) is 2.21. The highest BCUT2D eigenvalue weighted by Gasteiger charge is 2.27. The SMILES string of the molecule is CCc1nn(C)c(NC2CCCOC2)c1[N+](=O)[O-]. The first-order chi connectivity index (χ1) is 8.63. The predicted molar refractivity (Wildman–Crippen MR) is 66.7 cm³/mol. The first-order valence-electron chi connectivity index (χ1n) is 6.18. The van der Waals surface area contributed by atoms with Gasteiger partial charge in [-0.15, -0.1) is 0 Å². The molecule has 1 aromatic heterocycles. The predicted octanol–water partition coefficient (Wildman–Crippen LogP) is 1.48. The van der Waals surface area contributed by atoms with E-state index in [-0.39, 0.29) is 16.7 Å². The highest BCUT2D eigenvalue weighted by atomic mass is 16.6. The van der Waals surface area contributed by atoms with Crippen LogP contribution < -0.4 is 5.32 Å². The van der Waals surface area contributed by atoms with Gasteiger partial charge in [0.1, 0.15) is 5.69 Å². The molecule has 0 aliphatic carbocycles. The van der Waals surface area contributed by atoms with Crippen molar-refractivity contribution in [1.29, 1.82) is 0 Å². The average Bonchev–Trinajstić information content (AvgIpc) is 2.67. The second kappa shape index (κ2) is 5.34. The molecule has 0 aromatic carbocycles. The fourth-order valence-corrected chi connectivity index (χ4v) is 2.21. The summed E-state index contributed by atoms with van der Waals surface area (Å²) in [4.78, 5) is 10.8. The summed E-state index contributed by atoms with van der Waals surface area (Å²) in [5, 5.41) is 18.5. The Kier molecular flexibility index (Phi) is 3.81. The van der Waals surface area contributed by atoms with Gasteiger partial charge in [-0.1, -0.05) is 6.92 Å². The number of anilines is 1. The van der Waals surface area contributed by atoms with Gasteiger partial charge in [-0.2, -0.15) is 5.10 Å². The Morgan fingerprint density at radius 3 is 3.00 bits per heavy atom. The molecule has 0 bridgehead atoms. The van der Waals surface area contributed by atoms with Gasteiger partial charge >= 0.3 is 5.69 Å². The molecule has 18 heavy (non-hydrogen) atoms. The summed E-state index contributed by atoms with van der Waals surface area (Å²) in [6.45, 7) is 3.22. The van der Waals surface area contributed by atoms with Crippen LogP contribution in [-0.2, 0) is 18.2 Å². The second-order valence-corrected chi connectivity index (χ2v) is 4.44. The summed E-state index contributed by atoms with van der Waals surface area (Å²) in [5.74, 6) is 0.479. The van der Waals surface area contributed by atoms with Gasteiger partial charge in [0.05, 0.1) is 17.6 Å². The summed E-state index contributed by atoms with van der Waals surface area (Å²) >= 11 is 0. The highest BCUT2D eigenvalue weighted by Crippen LogP contribution is 2.29. The first-order valence-corrected chi connectivity index (χ1v) is 6.18. The number of nitro groups is 1. The van der Waals surface area contributed by atoms with Crippen LogP contribution in [0.1, 0.15) is 25.5 Å². The van der Waals surface area contributed by atoms with Crippen molar-refractivity contribution in [3.63, 3.8) is 0 Å². The maximum absolute atomic E-state index is 11.1. The number of nitrogens with zero attached hydrogens (tertiary/aromatic N) is 3. The normalized spacial score (nSPS) is 19.8. The minimum Gasteiger partial charge on any atom is -0.379 e. The van der Waals surface area contributed by atoms with E-state index in [0.717, 1.165) is 19.4 Å². The highest BCUT2D eigenvalue weighted by molar-refractivity contribution is 5.60. The molecule has 1 atom stereocenters. The number of aromatic nitrogens is 2. The molecule has 0 radical (unpaired) electrons. The molecular weight excluding hydrogens is 236 g/mol. The minimum atomic E-state index is -0.363. The molecule has 0 amide bonds. The van der Waals surface area contributed by atoms with E-state index in [0.29, 0.717) is 24.5 Å². The Bertz CT molecular complexity index is 438. The number of nitrogens with one attached hydrogen (secondary N) is 1. The molecule has 1 fully saturated rings. The van der Waals surface area contributed by atoms with Crippen molar-refractivity contribution in [1.82, 2.24) is 9.78 Å². The summed E-state index contributed by atoms with van der Waals surface area (Å²) in [6, 6.07) is 0.123. The quantitative estimate of drug-likeness (QED) is 0.650. The summed E-state index contributed by atoms with van der Waals surface area (Å²) < 4.78 is 6.91. The molecule has 1 N–H and O–H groups in total. The molecule has 0 spiro atoms. The zero-order valence-corrected chi connectivity index (χ0v) is 10.7. The largest absolute Gasteiger partial charge is 0.379 e. The van der Waals surface area contributed by atoms with E-state index >= 15 is 0 Å². The van der Waals surface area contributed by atoms with Crippen LogP contribution >= 0.6 is 0 Å². The van der Waals surface area contributed by atoms with E-state index in [1.54, 1.807) is 11.7 Å². The van der Waals surface area contributed by atoms with E-state index in [1.807, 2.05) is 6.92 Å². The van der Waals surface area contributed by atoms with Crippen molar-refractivity contribution >= 4 is 11.5 Å². The molecule has 2 rings (SSSR count). The number of hydrogen-bond acceptors (Lipinski definition) is 5. The van der Waals surface area contributed by atoms with Crippen LogP contribution in [0.4, 0.5) is 11.5 Å². The molecule has 7 nitrogen and oxygen atoms in total. The Labute approximate surface area is 105 Å². The molecule has 1 aromatic rings. The molecule has 2 heterocycles. The van der Waals surface area contributed by atoms with Crippen molar-refractivity contribution < 1.29 is 9.66 Å². The van der Waals surface area contributed by atoms with Crippen molar-refractivity contribution in [3.05, 3.63) is 15.8 Å². The van der Waals surface area contributed by atoms with Crippen LogP contribution in [-0.4, -0.2) is 34.0 Å². The second-order valence-electron chi connectivity index (χ2n) is 4.44. The van der Waals surface area contributed by atoms with Gasteiger partial charge in [0.25, 0.3) is 0 Å². The molecular formula is C11H18N4O3. The van der Waals surface area contributed by atoms with Crippen LogP contribution in [0.15, 0.2) is 0 Å². The lowest BCUT2D eigenvalue weighted by Gasteiger charge is -2.23. The van der Waals surface area contributed by atoms with Gasteiger partial charge in [-0.3, -0.25) is 10.1 Å². The number of ether oxygens (including phenoxy) is 1. The van der Waals surface area contributed by atoms with E-state index in [4.69, 9.17) is 4.74 Å². The Balaban J connectivity index is 2.25. The lowest BCUT2D eigenvalue weighted by molar-refractivity contribution is -0.384. The Hall–Kier alpha value is -1.63. The molecule has 100 valence electrons. The van der Waals surface area contributed by atoms with Gasteiger partial charge in [-0.05, 0) is 19.3 Å². The summed E-state index contributed by atoms with van der Waals surface area (Å²) in [7, 11) is 1.72. The third-order valence-corrected chi connectivity index (χ3v) is 3.11. The van der Waals surface area contributed by atoms with Crippen LogP contribution in [0.3, 0.4) is 0 Å². The Morgan fingerprint density at radius 1 is 1.67 bits per heavy atom. The molecule has 1 saturated heterocycles. The van der Waals surface area contributed by atoms with Gasteiger partial charge < -0.3 is 10.1 Å². The topological polar surface area (TPSA) is 82.2 Å². The van der Waals surface area contributed by atoms with Gasteiger partial charge in [0.2, 0.25) is 5.82 Å². The molecule has 1 aliphatic rings. The van der Waals surface area contributed by atoms with E-state index < -0.39 is 0 Å². The summed E-state index contributed by atoms with van der Waals surface area (Å²) in [6.07, 6.45) is 2.49. The van der Waals surface area contributed by atoms with Gasteiger partial charge in [-0.25, -0.2) is 4.68 Å². The average molecular weight is 254 g/mol. The Morgan fingerprint density at radius 2 is 2.44 bits per heavy atom. The van der Waals surface area contributed by atoms with Crippen molar-refractivity contribution in [2.24, 2.45) is 7.05 Å².